The molecule has 2 saturated heterocycles. The van der Waals surface area contributed by atoms with E-state index < -0.39 is 58.7 Å². The number of nitrogens with one attached hydrogen (secondary N) is 1. The van der Waals surface area contributed by atoms with E-state index >= 15 is 0 Å². The number of carbonyl (C=O) groups is 1. The number of nitrogens with zero attached hydrogens (tertiary/aromatic N) is 1. The van der Waals surface area contributed by atoms with E-state index in [0.717, 1.165) is 18.7 Å². The second-order valence-corrected chi connectivity index (χ2v) is 30.0. The van der Waals surface area contributed by atoms with E-state index in [-0.39, 0.29) is 28.8 Å². The fraction of sp³-hybridized carbons (Fsp3) is 0.604. The minimum Gasteiger partial charge on any atom is -0.445 e. The van der Waals surface area contributed by atoms with Crippen molar-refractivity contribution in [3.8, 4) is 0 Å². The molecule has 0 aromatic heterocycles. The smallest absolute Gasteiger partial charge is 0.407 e. The molecule has 2 heterocycles. The average molecular weight is 847 g/mol. The lowest BCUT2D eigenvalue weighted by molar-refractivity contribution is -0.307. The standard InChI is InChI=1S/C48H74N2O7Si2/c1-35-42(50(32-37-24-18-15-19-25-37)33-38-26-20-16-21-27-38)48(10,57-59(13,14)46(6,7)8)31-40(53-35)55-43-36(2)54-41(56-58(11,12)45(3,4)5)30-47(43,9)49-44(51)52-34-39-28-22-17-23-29-39/h15-29,35-36,40-43H,30-34H2,1-14H3,(H,49,51)/t35?,36?,40-,41+,42?,43?,47+,48+/m0/s1. The molecule has 0 saturated carbocycles. The van der Waals surface area contributed by atoms with Crippen molar-refractivity contribution in [2.75, 3.05) is 0 Å². The normalized spacial score (nSPS) is 28.3. The first-order valence-corrected chi connectivity index (χ1v) is 27.4. The van der Waals surface area contributed by atoms with Gasteiger partial charge in [-0.15, -0.1) is 0 Å². The van der Waals surface area contributed by atoms with Crippen LogP contribution in [0.25, 0.3) is 0 Å². The Labute approximate surface area is 358 Å². The third-order valence-corrected chi connectivity index (χ3v) is 22.3. The fourth-order valence-corrected chi connectivity index (χ4v) is 11.1. The first-order valence-electron chi connectivity index (χ1n) is 21.6. The monoisotopic (exact) mass is 847 g/mol. The summed E-state index contributed by atoms with van der Waals surface area (Å²) in [5, 5.41) is 3.18. The molecule has 3 aromatic carbocycles. The highest BCUT2D eigenvalue weighted by Crippen LogP contribution is 2.47. The second kappa shape index (κ2) is 18.6. The Morgan fingerprint density at radius 2 is 1.19 bits per heavy atom. The summed E-state index contributed by atoms with van der Waals surface area (Å²) >= 11 is 0. The lowest BCUT2D eigenvalue weighted by Gasteiger charge is -2.57. The van der Waals surface area contributed by atoms with Gasteiger partial charge in [0.1, 0.15) is 12.7 Å². The Bertz CT molecular complexity index is 1740. The summed E-state index contributed by atoms with van der Waals surface area (Å²) in [6.07, 6.45) is -2.18. The summed E-state index contributed by atoms with van der Waals surface area (Å²) in [6.45, 7) is 32.7. The van der Waals surface area contributed by atoms with Crippen LogP contribution in [0.2, 0.25) is 36.3 Å². The van der Waals surface area contributed by atoms with Crippen LogP contribution in [0.5, 0.6) is 0 Å². The Kier molecular flexibility index (Phi) is 14.9. The van der Waals surface area contributed by atoms with Crippen LogP contribution in [0.15, 0.2) is 91.0 Å². The van der Waals surface area contributed by atoms with Gasteiger partial charge in [-0.1, -0.05) is 133 Å². The number of benzene rings is 3. The van der Waals surface area contributed by atoms with Crippen LogP contribution in [-0.4, -0.2) is 75.7 Å². The summed E-state index contributed by atoms with van der Waals surface area (Å²) in [6, 6.07) is 30.9. The molecule has 1 N–H and O–H groups in total. The molecule has 3 aromatic rings. The Balaban J connectivity index is 1.48. The molecule has 0 spiro atoms. The van der Waals surface area contributed by atoms with Crippen molar-refractivity contribution in [1.29, 1.82) is 0 Å². The number of hydrogen-bond acceptors (Lipinski definition) is 8. The molecule has 0 bridgehead atoms. The molecule has 4 unspecified atom stereocenters. The maximum Gasteiger partial charge on any atom is 0.407 e. The van der Waals surface area contributed by atoms with Crippen molar-refractivity contribution >= 4 is 22.7 Å². The molecule has 11 heteroatoms. The zero-order chi connectivity index (χ0) is 43.4. The van der Waals surface area contributed by atoms with E-state index in [1.807, 2.05) is 44.2 Å². The molecule has 8 atom stereocenters. The third-order valence-electron chi connectivity index (χ3n) is 13.3. The number of rotatable bonds is 14. The maximum atomic E-state index is 13.7. The Hall–Kier alpha value is -2.88. The quantitative estimate of drug-likeness (QED) is 0.161. The van der Waals surface area contributed by atoms with Crippen molar-refractivity contribution in [2.24, 2.45) is 0 Å². The van der Waals surface area contributed by atoms with E-state index in [4.69, 9.17) is 27.8 Å². The van der Waals surface area contributed by atoms with Gasteiger partial charge in [-0.25, -0.2) is 4.79 Å². The third kappa shape index (κ3) is 11.9. The highest BCUT2D eigenvalue weighted by atomic mass is 28.4. The SMILES string of the molecule is CC1O[C@H](O[Si](C)(C)C(C)(C)C)C[C@@](C)(NC(=O)OCc2ccccc2)C1O[C@H]1C[C@@](C)(O[Si](C)(C)C(C)(C)C)C(N(Cc2ccccc2)Cc2ccccc2)C(C)O1. The molecule has 0 aliphatic carbocycles. The minimum absolute atomic E-state index is 0.0302. The van der Waals surface area contributed by atoms with Gasteiger partial charge in [0, 0.05) is 25.9 Å². The van der Waals surface area contributed by atoms with Crippen LogP contribution in [0.3, 0.4) is 0 Å². The first kappa shape index (κ1) is 47.2. The van der Waals surface area contributed by atoms with Gasteiger partial charge in [-0.2, -0.15) is 0 Å². The van der Waals surface area contributed by atoms with Crippen LogP contribution >= 0.6 is 0 Å². The van der Waals surface area contributed by atoms with E-state index in [0.29, 0.717) is 12.8 Å². The number of hydrogen-bond donors (Lipinski definition) is 1. The van der Waals surface area contributed by atoms with Crippen LogP contribution < -0.4 is 5.32 Å². The average Bonchev–Trinajstić information content (AvgIpc) is 3.12. The molecular formula is C48H74N2O7Si2. The molecule has 326 valence electrons. The zero-order valence-corrected chi connectivity index (χ0v) is 40.5. The molecule has 2 fully saturated rings. The molecule has 5 rings (SSSR count). The molecule has 9 nitrogen and oxygen atoms in total. The summed E-state index contributed by atoms with van der Waals surface area (Å²) in [5.74, 6) is 0. The lowest BCUT2D eigenvalue weighted by atomic mass is 9.83. The van der Waals surface area contributed by atoms with Gasteiger partial charge in [-0.3, -0.25) is 4.90 Å². The topological polar surface area (TPSA) is 87.7 Å². The molecule has 2 aliphatic heterocycles. The lowest BCUT2D eigenvalue weighted by Crippen LogP contribution is -2.69. The molecule has 59 heavy (non-hydrogen) atoms. The number of ether oxygens (including phenoxy) is 4. The highest BCUT2D eigenvalue weighted by molar-refractivity contribution is 6.74. The highest BCUT2D eigenvalue weighted by Gasteiger charge is 2.56. The van der Waals surface area contributed by atoms with Crippen molar-refractivity contribution in [3.63, 3.8) is 0 Å². The van der Waals surface area contributed by atoms with E-state index in [2.05, 4.69) is 152 Å². The van der Waals surface area contributed by atoms with Crippen LogP contribution in [-0.2, 0) is 47.5 Å². The summed E-state index contributed by atoms with van der Waals surface area (Å²) < 4.78 is 41.1. The van der Waals surface area contributed by atoms with Crippen LogP contribution in [0.1, 0.15) is 98.8 Å². The van der Waals surface area contributed by atoms with Crippen LogP contribution in [0, 0.1) is 0 Å². The van der Waals surface area contributed by atoms with Crippen molar-refractivity contribution in [2.45, 2.75) is 186 Å². The summed E-state index contributed by atoms with van der Waals surface area (Å²) in [4.78, 5) is 16.2. The number of alkyl carbamates (subject to hydrolysis) is 1. The van der Waals surface area contributed by atoms with Gasteiger partial charge in [0.05, 0.1) is 29.4 Å². The van der Waals surface area contributed by atoms with E-state index in [1.54, 1.807) is 0 Å². The molecular weight excluding hydrogens is 773 g/mol. The minimum atomic E-state index is -2.34. The van der Waals surface area contributed by atoms with E-state index in [1.165, 1.54) is 11.1 Å². The maximum absolute atomic E-state index is 13.7. The molecule has 0 radical (unpaired) electrons. The molecule has 2 aliphatic rings. The first-order chi connectivity index (χ1) is 27.4. The number of amides is 1. The van der Waals surface area contributed by atoms with Gasteiger partial charge >= 0.3 is 6.09 Å². The van der Waals surface area contributed by atoms with Crippen molar-refractivity contribution < 1.29 is 32.6 Å². The Morgan fingerprint density at radius 1 is 0.712 bits per heavy atom. The predicted octanol–water partition coefficient (Wildman–Crippen LogP) is 11.2. The van der Waals surface area contributed by atoms with Crippen molar-refractivity contribution in [1.82, 2.24) is 10.2 Å². The molecule has 1 amide bonds. The Morgan fingerprint density at radius 3 is 1.68 bits per heavy atom. The zero-order valence-electron chi connectivity index (χ0n) is 38.5. The van der Waals surface area contributed by atoms with Gasteiger partial charge in [0.2, 0.25) is 0 Å². The fourth-order valence-electron chi connectivity index (χ4n) is 8.25. The van der Waals surface area contributed by atoms with Gasteiger partial charge in [0.15, 0.2) is 29.2 Å². The summed E-state index contributed by atoms with van der Waals surface area (Å²) in [5.41, 5.74) is 1.78. The number of carbonyl (C=O) groups excluding carboxylic acids is 1. The van der Waals surface area contributed by atoms with Crippen LogP contribution in [0.4, 0.5) is 4.79 Å². The second-order valence-electron chi connectivity index (χ2n) is 20.5. The van der Waals surface area contributed by atoms with Crippen molar-refractivity contribution in [3.05, 3.63) is 108 Å². The predicted molar refractivity (Wildman–Crippen MR) is 242 cm³/mol. The van der Waals surface area contributed by atoms with Gasteiger partial charge in [0.25, 0.3) is 0 Å². The van der Waals surface area contributed by atoms with Gasteiger partial charge < -0.3 is 33.1 Å². The van der Waals surface area contributed by atoms with Gasteiger partial charge in [-0.05, 0) is 80.6 Å². The summed E-state index contributed by atoms with van der Waals surface area (Å²) in [7, 11) is -4.59. The van der Waals surface area contributed by atoms with E-state index in [9.17, 15) is 4.79 Å². The largest absolute Gasteiger partial charge is 0.445 e.